The van der Waals surface area contributed by atoms with Gasteiger partial charge in [-0.25, -0.2) is 4.98 Å². The number of pyridine rings is 1. The molecule has 0 saturated carbocycles. The second-order valence-corrected chi connectivity index (χ2v) is 9.90. The molecular weight excluding hydrogens is 426 g/mol. The van der Waals surface area contributed by atoms with E-state index in [1.54, 1.807) is 0 Å². The summed E-state index contributed by atoms with van der Waals surface area (Å²) in [5.41, 5.74) is 6.24. The van der Waals surface area contributed by atoms with Gasteiger partial charge in [-0.3, -0.25) is 4.79 Å². The highest BCUT2D eigenvalue weighted by molar-refractivity contribution is 7.99. The number of hydrogen-bond donors (Lipinski definition) is 0. The van der Waals surface area contributed by atoms with Gasteiger partial charge in [-0.2, -0.15) is 0 Å². The molecule has 1 aliphatic heterocycles. The van der Waals surface area contributed by atoms with Gasteiger partial charge in [-0.15, -0.1) is 11.8 Å². The van der Waals surface area contributed by atoms with Gasteiger partial charge in [0, 0.05) is 23.1 Å². The largest absolute Gasteiger partial charge is 0.466 e. The van der Waals surface area contributed by atoms with Crippen LogP contribution < -0.4 is 0 Å². The number of nitrogens with zero attached hydrogens (tertiary/aromatic N) is 1. The number of unbranched alkanes of at least 4 members (excludes halogenated alkanes) is 1. The normalized spacial score (nSPS) is 14.2. The first-order valence-corrected chi connectivity index (χ1v) is 13.5. The molecule has 0 atom stereocenters. The van der Waals surface area contributed by atoms with Gasteiger partial charge in [0.05, 0.1) is 6.61 Å². The Morgan fingerprint density at radius 1 is 1.12 bits per heavy atom. The number of benzene rings is 1. The van der Waals surface area contributed by atoms with Crippen LogP contribution in [0.2, 0.25) is 0 Å². The third kappa shape index (κ3) is 6.42. The molecule has 0 amide bonds. The molecule has 3 rings (SSSR count). The van der Waals surface area contributed by atoms with Gasteiger partial charge in [0.15, 0.2) is 0 Å². The van der Waals surface area contributed by atoms with E-state index in [9.17, 15) is 4.79 Å². The second kappa shape index (κ2) is 12.3. The van der Waals surface area contributed by atoms with Crippen LogP contribution in [0.5, 0.6) is 0 Å². The van der Waals surface area contributed by atoms with Crippen molar-refractivity contribution in [2.75, 3.05) is 12.4 Å². The monoisotopic (exact) mass is 463 g/mol. The number of carbonyl (C=O) groups excluding carboxylic acids is 1. The fourth-order valence-electron chi connectivity index (χ4n) is 4.65. The fraction of sp³-hybridized carbons (Fsp3) is 0.517. The van der Waals surface area contributed by atoms with Gasteiger partial charge in [0.1, 0.15) is 5.69 Å². The van der Waals surface area contributed by atoms with Crippen LogP contribution in [0.1, 0.15) is 94.2 Å². The third-order valence-corrected chi connectivity index (χ3v) is 7.96. The second-order valence-electron chi connectivity index (χ2n) is 8.76. The minimum atomic E-state index is -0.108. The van der Waals surface area contributed by atoms with Crippen molar-refractivity contribution in [3.05, 3.63) is 58.4 Å². The van der Waals surface area contributed by atoms with E-state index >= 15 is 0 Å². The molecule has 1 aliphatic rings. The first-order valence-electron chi connectivity index (χ1n) is 12.5. The zero-order valence-electron chi connectivity index (χ0n) is 20.6. The predicted octanol–water partition coefficient (Wildman–Crippen LogP) is 6.87. The van der Waals surface area contributed by atoms with Crippen LogP contribution in [-0.2, 0) is 27.8 Å². The third-order valence-electron chi connectivity index (χ3n) is 6.90. The summed E-state index contributed by atoms with van der Waals surface area (Å²) in [5.74, 6) is 7.84. The van der Waals surface area contributed by atoms with Crippen LogP contribution in [0.25, 0.3) is 0 Å². The minimum absolute atomic E-state index is 0.108. The number of aryl methyl sites for hydroxylation is 2. The lowest BCUT2D eigenvalue weighted by Crippen LogP contribution is -2.29. The first kappa shape index (κ1) is 25.4. The van der Waals surface area contributed by atoms with E-state index in [1.165, 1.54) is 46.6 Å². The summed E-state index contributed by atoms with van der Waals surface area (Å²) in [4.78, 5) is 17.5. The standard InChI is InChI=1S/C29H37NO2S/c1-5-23-20-27-26(29(6-2,7-3)17-18-33-27)19-24(23)14-16-25-15-13-22(21-30-25)11-9-10-12-28(31)32-8-4/h13,15,19-21H,5-12,17-18H2,1-4H3. The number of carbonyl (C=O) groups is 1. The van der Waals surface area contributed by atoms with Gasteiger partial charge >= 0.3 is 5.97 Å². The summed E-state index contributed by atoms with van der Waals surface area (Å²) >= 11 is 2.00. The van der Waals surface area contributed by atoms with Crippen molar-refractivity contribution >= 4 is 17.7 Å². The summed E-state index contributed by atoms with van der Waals surface area (Å²) in [6, 6.07) is 8.87. The van der Waals surface area contributed by atoms with Crippen LogP contribution in [0.3, 0.4) is 0 Å². The maximum absolute atomic E-state index is 11.4. The van der Waals surface area contributed by atoms with Crippen molar-refractivity contribution in [3.8, 4) is 11.8 Å². The molecule has 33 heavy (non-hydrogen) atoms. The molecule has 0 unspecified atom stereocenters. The molecule has 4 heteroatoms. The Kier molecular flexibility index (Phi) is 9.44. The summed E-state index contributed by atoms with van der Waals surface area (Å²) in [7, 11) is 0. The average molecular weight is 464 g/mol. The highest BCUT2D eigenvalue weighted by atomic mass is 32.2. The highest BCUT2D eigenvalue weighted by Gasteiger charge is 2.34. The quantitative estimate of drug-likeness (QED) is 0.231. The van der Waals surface area contributed by atoms with Crippen molar-refractivity contribution in [1.82, 2.24) is 4.98 Å². The van der Waals surface area contributed by atoms with Crippen molar-refractivity contribution in [2.45, 2.75) is 89.4 Å². The number of hydrogen-bond acceptors (Lipinski definition) is 4. The number of esters is 1. The van der Waals surface area contributed by atoms with E-state index < -0.39 is 0 Å². The summed E-state index contributed by atoms with van der Waals surface area (Å²) in [6.45, 7) is 9.15. The Morgan fingerprint density at radius 2 is 1.94 bits per heavy atom. The Hall–Kier alpha value is -2.25. The molecular formula is C29H37NO2S. The Bertz CT molecular complexity index is 997. The SMILES string of the molecule is CCOC(=O)CCCCc1ccc(C#Cc2cc3c(cc2CC)SCCC3(CC)CC)nc1. The summed E-state index contributed by atoms with van der Waals surface area (Å²) in [5, 5.41) is 0. The molecule has 176 valence electrons. The van der Waals surface area contributed by atoms with E-state index in [0.717, 1.165) is 36.9 Å². The van der Waals surface area contributed by atoms with Crippen LogP contribution in [0.15, 0.2) is 35.4 Å². The van der Waals surface area contributed by atoms with Gasteiger partial charge in [-0.05, 0) is 104 Å². The Labute approximate surface area is 204 Å². The lowest BCUT2D eigenvalue weighted by atomic mass is 9.72. The zero-order valence-corrected chi connectivity index (χ0v) is 21.4. The molecule has 0 bridgehead atoms. The molecule has 0 fully saturated rings. The minimum Gasteiger partial charge on any atom is -0.466 e. The molecule has 1 aromatic carbocycles. The smallest absolute Gasteiger partial charge is 0.305 e. The molecule has 0 spiro atoms. The summed E-state index contributed by atoms with van der Waals surface area (Å²) in [6.07, 6.45) is 9.71. The molecule has 0 aliphatic carbocycles. The molecule has 0 N–H and O–H groups in total. The maximum Gasteiger partial charge on any atom is 0.305 e. The summed E-state index contributed by atoms with van der Waals surface area (Å²) < 4.78 is 4.98. The van der Waals surface area contributed by atoms with Crippen LogP contribution >= 0.6 is 11.8 Å². The zero-order chi connectivity index (χ0) is 23.7. The van der Waals surface area contributed by atoms with E-state index in [-0.39, 0.29) is 11.4 Å². The maximum atomic E-state index is 11.4. The lowest BCUT2D eigenvalue weighted by molar-refractivity contribution is -0.143. The fourth-order valence-corrected chi connectivity index (χ4v) is 6.02. The highest BCUT2D eigenvalue weighted by Crippen LogP contribution is 2.46. The van der Waals surface area contributed by atoms with Crippen molar-refractivity contribution < 1.29 is 9.53 Å². The van der Waals surface area contributed by atoms with Crippen molar-refractivity contribution in [1.29, 1.82) is 0 Å². The van der Waals surface area contributed by atoms with Crippen LogP contribution in [-0.4, -0.2) is 23.3 Å². The van der Waals surface area contributed by atoms with Gasteiger partial charge in [-0.1, -0.05) is 32.8 Å². The number of fused-ring (bicyclic) bond motifs is 1. The molecule has 3 nitrogen and oxygen atoms in total. The molecule has 2 heterocycles. The van der Waals surface area contributed by atoms with E-state index in [4.69, 9.17) is 4.74 Å². The number of thioether (sulfide) groups is 1. The Balaban J connectivity index is 1.71. The molecule has 0 radical (unpaired) electrons. The molecule has 0 saturated heterocycles. The van der Waals surface area contributed by atoms with E-state index in [2.05, 4.69) is 55.8 Å². The van der Waals surface area contributed by atoms with Gasteiger partial charge < -0.3 is 4.74 Å². The number of rotatable bonds is 9. The van der Waals surface area contributed by atoms with E-state index in [1.807, 2.05) is 30.9 Å². The van der Waals surface area contributed by atoms with E-state index in [0.29, 0.717) is 13.0 Å². The van der Waals surface area contributed by atoms with Crippen LogP contribution in [0.4, 0.5) is 0 Å². The van der Waals surface area contributed by atoms with Gasteiger partial charge in [0.2, 0.25) is 0 Å². The number of aromatic nitrogens is 1. The Morgan fingerprint density at radius 3 is 2.61 bits per heavy atom. The molecule has 2 aromatic rings. The number of ether oxygens (including phenoxy) is 1. The topological polar surface area (TPSA) is 39.2 Å². The predicted molar refractivity (Wildman–Crippen MR) is 138 cm³/mol. The average Bonchev–Trinajstić information content (AvgIpc) is 2.85. The molecule has 1 aromatic heterocycles. The van der Waals surface area contributed by atoms with Gasteiger partial charge in [0.25, 0.3) is 0 Å². The lowest BCUT2D eigenvalue weighted by Gasteiger charge is -2.38. The van der Waals surface area contributed by atoms with Crippen molar-refractivity contribution in [2.24, 2.45) is 0 Å². The first-order chi connectivity index (χ1) is 16.0. The van der Waals surface area contributed by atoms with Crippen molar-refractivity contribution in [3.63, 3.8) is 0 Å². The van der Waals surface area contributed by atoms with Crippen LogP contribution in [0, 0.1) is 11.8 Å².